The highest BCUT2D eigenvalue weighted by Gasteiger charge is 2.22. The molecule has 1 aromatic carbocycles. The number of hydrogen-bond acceptors (Lipinski definition) is 2. The summed E-state index contributed by atoms with van der Waals surface area (Å²) >= 11 is 3.93. The quantitative estimate of drug-likeness (QED) is 0.431. The maximum absolute atomic E-state index is 2.47. The lowest BCUT2D eigenvalue weighted by Crippen LogP contribution is -2.03. The van der Waals surface area contributed by atoms with Crippen LogP contribution in [-0.2, 0) is 0 Å². The van der Waals surface area contributed by atoms with E-state index < -0.39 is 0 Å². The Kier molecular flexibility index (Phi) is 5.14. The van der Waals surface area contributed by atoms with Gasteiger partial charge in [0.2, 0.25) is 0 Å². The minimum Gasteiger partial charge on any atom is -0.139 e. The number of rotatable bonds is 4. The average molecular weight is 371 g/mol. The van der Waals surface area contributed by atoms with Crippen molar-refractivity contribution in [1.29, 1.82) is 0 Å². The van der Waals surface area contributed by atoms with E-state index >= 15 is 0 Å². The minimum atomic E-state index is 0.535. The summed E-state index contributed by atoms with van der Waals surface area (Å²) in [5.74, 6) is 1.64. The van der Waals surface area contributed by atoms with Gasteiger partial charge in [-0.2, -0.15) is 0 Å². The third-order valence-electron chi connectivity index (χ3n) is 5.07. The van der Waals surface area contributed by atoms with Gasteiger partial charge in [0.05, 0.1) is 0 Å². The molecule has 2 heterocycles. The summed E-state index contributed by atoms with van der Waals surface area (Å²) in [7, 11) is 0. The molecule has 0 saturated heterocycles. The summed E-state index contributed by atoms with van der Waals surface area (Å²) in [6, 6.07) is 7.29. The monoisotopic (exact) mass is 370 g/mol. The first-order chi connectivity index (χ1) is 11.7. The second-order valence-electron chi connectivity index (χ2n) is 8.15. The van der Waals surface area contributed by atoms with Crippen LogP contribution in [0.5, 0.6) is 0 Å². The van der Waals surface area contributed by atoms with Crippen molar-refractivity contribution >= 4 is 32.1 Å². The highest BCUT2D eigenvalue weighted by atomic mass is 32.1. The van der Waals surface area contributed by atoms with E-state index in [2.05, 4.69) is 73.6 Å². The predicted molar refractivity (Wildman–Crippen MR) is 117 cm³/mol. The van der Waals surface area contributed by atoms with Gasteiger partial charge < -0.3 is 0 Å². The predicted octanol–water partition coefficient (Wildman–Crippen LogP) is 8.62. The maximum atomic E-state index is 2.47. The second-order valence-corrected chi connectivity index (χ2v) is 10.5. The molecule has 0 N–H and O–H groups in total. The molecule has 3 aromatic rings. The zero-order chi connectivity index (χ0) is 18.5. The maximum Gasteiger partial charge on any atom is 0.0489 e. The van der Waals surface area contributed by atoms with Crippen molar-refractivity contribution in [2.24, 2.45) is 0 Å². The molecule has 134 valence electrons. The van der Waals surface area contributed by atoms with E-state index in [1.54, 1.807) is 0 Å². The summed E-state index contributed by atoms with van der Waals surface area (Å²) in [5, 5.41) is 0. The standard InChI is InChI=1S/C23H30S2/c1-12(2)17-10-18(13(3)4)21(19(11-17)14(5)6)23-16(8)22-20(25-23)9-15(7)24-22/h9-14H,1-8H3. The zero-order valence-electron chi connectivity index (χ0n) is 16.8. The normalized spacial score (nSPS) is 12.3. The molecule has 3 rings (SSSR count). The van der Waals surface area contributed by atoms with Gasteiger partial charge in [0.15, 0.2) is 0 Å². The first kappa shape index (κ1) is 18.7. The van der Waals surface area contributed by atoms with Crippen LogP contribution in [0, 0.1) is 13.8 Å². The molecule has 0 aliphatic carbocycles. The van der Waals surface area contributed by atoms with Crippen LogP contribution in [0.3, 0.4) is 0 Å². The summed E-state index contributed by atoms with van der Waals surface area (Å²) < 4.78 is 2.93. The molecule has 0 amide bonds. The number of thiophene rings is 2. The number of fused-ring (bicyclic) bond motifs is 1. The highest BCUT2D eigenvalue weighted by Crippen LogP contribution is 2.47. The molecule has 0 saturated carbocycles. The van der Waals surface area contributed by atoms with Crippen LogP contribution in [0.25, 0.3) is 19.8 Å². The molecular weight excluding hydrogens is 340 g/mol. The van der Waals surface area contributed by atoms with Gasteiger partial charge in [0.1, 0.15) is 0 Å². The van der Waals surface area contributed by atoms with E-state index in [4.69, 9.17) is 0 Å². The minimum absolute atomic E-state index is 0.535. The smallest absolute Gasteiger partial charge is 0.0489 e. The molecular formula is C23H30S2. The second kappa shape index (κ2) is 6.89. The molecule has 0 fully saturated rings. The van der Waals surface area contributed by atoms with Crippen molar-refractivity contribution in [3.63, 3.8) is 0 Å². The van der Waals surface area contributed by atoms with Crippen LogP contribution < -0.4 is 0 Å². The van der Waals surface area contributed by atoms with Crippen LogP contribution >= 0.6 is 22.7 Å². The molecule has 0 radical (unpaired) electrons. The number of hydrogen-bond donors (Lipinski definition) is 0. The molecule has 0 spiro atoms. The van der Waals surface area contributed by atoms with Gasteiger partial charge in [-0.05, 0) is 65.5 Å². The van der Waals surface area contributed by atoms with E-state index in [0.29, 0.717) is 17.8 Å². The summed E-state index contributed by atoms with van der Waals surface area (Å²) in [6.07, 6.45) is 0. The molecule has 2 heteroatoms. The van der Waals surface area contributed by atoms with Crippen LogP contribution in [0.4, 0.5) is 0 Å². The Hall–Kier alpha value is -1.12. The molecule has 0 unspecified atom stereocenters. The van der Waals surface area contributed by atoms with Gasteiger partial charge in [-0.15, -0.1) is 22.7 Å². The van der Waals surface area contributed by atoms with Gasteiger partial charge in [0.25, 0.3) is 0 Å². The fourth-order valence-corrected chi connectivity index (χ4v) is 6.17. The highest BCUT2D eigenvalue weighted by molar-refractivity contribution is 7.29. The van der Waals surface area contributed by atoms with Crippen molar-refractivity contribution in [2.75, 3.05) is 0 Å². The van der Waals surface area contributed by atoms with Crippen LogP contribution in [-0.4, -0.2) is 0 Å². The fourth-order valence-electron chi connectivity index (χ4n) is 3.57. The Morgan fingerprint density at radius 3 is 1.72 bits per heavy atom. The zero-order valence-corrected chi connectivity index (χ0v) is 18.4. The Balaban J connectivity index is 2.35. The summed E-state index contributed by atoms with van der Waals surface area (Å²) in [6.45, 7) is 18.5. The van der Waals surface area contributed by atoms with Crippen molar-refractivity contribution in [1.82, 2.24) is 0 Å². The van der Waals surface area contributed by atoms with Gasteiger partial charge >= 0.3 is 0 Å². The van der Waals surface area contributed by atoms with E-state index in [1.165, 1.54) is 47.0 Å². The summed E-state index contributed by atoms with van der Waals surface area (Å²) in [4.78, 5) is 2.91. The Labute approximate surface area is 160 Å². The fraction of sp³-hybridized carbons (Fsp3) is 0.478. The lowest BCUT2D eigenvalue weighted by Gasteiger charge is -2.23. The van der Waals surface area contributed by atoms with Crippen LogP contribution in [0.1, 0.15) is 86.4 Å². The van der Waals surface area contributed by atoms with E-state index in [1.807, 2.05) is 22.7 Å². The Morgan fingerprint density at radius 2 is 1.28 bits per heavy atom. The SMILES string of the molecule is Cc1cc2sc(-c3c(C(C)C)cc(C(C)C)cc3C(C)C)c(C)c2s1. The van der Waals surface area contributed by atoms with Crippen LogP contribution in [0.15, 0.2) is 18.2 Å². The molecule has 0 nitrogen and oxygen atoms in total. The molecule has 0 aliphatic rings. The van der Waals surface area contributed by atoms with E-state index in [-0.39, 0.29) is 0 Å². The number of aryl methyl sites for hydroxylation is 2. The average Bonchev–Trinajstić information content (AvgIpc) is 3.03. The third kappa shape index (κ3) is 3.31. The van der Waals surface area contributed by atoms with Crippen molar-refractivity contribution in [2.45, 2.75) is 73.1 Å². The van der Waals surface area contributed by atoms with Crippen molar-refractivity contribution < 1.29 is 0 Å². The van der Waals surface area contributed by atoms with Gasteiger partial charge in [-0.1, -0.05) is 53.7 Å². The lowest BCUT2D eigenvalue weighted by atomic mass is 9.83. The molecule has 2 aromatic heterocycles. The topological polar surface area (TPSA) is 0 Å². The van der Waals surface area contributed by atoms with Gasteiger partial charge in [-0.3, -0.25) is 0 Å². The molecule has 0 aliphatic heterocycles. The summed E-state index contributed by atoms with van der Waals surface area (Å²) in [5.41, 5.74) is 7.49. The van der Waals surface area contributed by atoms with Crippen LogP contribution in [0.2, 0.25) is 0 Å². The van der Waals surface area contributed by atoms with Gasteiger partial charge in [-0.25, -0.2) is 0 Å². The molecule has 0 atom stereocenters. The Morgan fingerprint density at radius 1 is 0.720 bits per heavy atom. The van der Waals surface area contributed by atoms with Crippen molar-refractivity contribution in [3.8, 4) is 10.4 Å². The third-order valence-corrected chi connectivity index (χ3v) is 7.63. The largest absolute Gasteiger partial charge is 0.139 e. The van der Waals surface area contributed by atoms with Gasteiger partial charge in [0, 0.05) is 19.2 Å². The lowest BCUT2D eigenvalue weighted by molar-refractivity contribution is 0.808. The van der Waals surface area contributed by atoms with E-state index in [0.717, 1.165) is 0 Å². The molecule has 25 heavy (non-hydrogen) atoms. The Bertz CT molecular complexity index is 875. The first-order valence-corrected chi connectivity index (χ1v) is 11.0. The van der Waals surface area contributed by atoms with Crippen molar-refractivity contribution in [3.05, 3.63) is 45.3 Å². The van der Waals surface area contributed by atoms with E-state index in [9.17, 15) is 0 Å². The molecule has 0 bridgehead atoms. The first-order valence-electron chi connectivity index (χ1n) is 9.38. The number of benzene rings is 1.